The summed E-state index contributed by atoms with van der Waals surface area (Å²) < 4.78 is 11.1. The highest BCUT2D eigenvalue weighted by Crippen LogP contribution is 2.42. The Morgan fingerprint density at radius 3 is 2.09 bits per heavy atom. The third-order valence-electron chi connectivity index (χ3n) is 7.68. The SMILES string of the molecule is COc1nc(-c2cccc(-c3cccc(-c4cnc(C5=NC[C@@H](C)N5)c(OC)n4)c3Cl)c2Cl)cnc1CNC[C@@H]1CCC(=O)N1. The average molecular weight is 648 g/mol. The summed E-state index contributed by atoms with van der Waals surface area (Å²) in [5, 5.41) is 10.5. The van der Waals surface area contributed by atoms with Crippen LogP contribution in [0.25, 0.3) is 33.6 Å². The van der Waals surface area contributed by atoms with Gasteiger partial charge in [-0.25, -0.2) is 15.0 Å². The number of benzene rings is 2. The van der Waals surface area contributed by atoms with Gasteiger partial charge >= 0.3 is 0 Å². The quantitative estimate of drug-likeness (QED) is 0.224. The summed E-state index contributed by atoms with van der Waals surface area (Å²) in [6.45, 7) is 3.80. The van der Waals surface area contributed by atoms with Crippen LogP contribution in [0, 0.1) is 0 Å². The number of aliphatic imine (C=N–C) groups is 1. The summed E-state index contributed by atoms with van der Waals surface area (Å²) in [5.74, 6) is 1.48. The molecule has 2 aromatic carbocycles. The average Bonchev–Trinajstić information content (AvgIpc) is 3.68. The van der Waals surface area contributed by atoms with Gasteiger partial charge in [-0.2, -0.15) is 0 Å². The molecule has 0 bridgehead atoms. The van der Waals surface area contributed by atoms with E-state index in [0.717, 1.165) is 17.5 Å². The molecular formula is C32H32Cl2N8O3. The molecule has 4 aromatic rings. The third kappa shape index (κ3) is 6.42. The molecule has 0 saturated carbocycles. The minimum Gasteiger partial charge on any atom is -0.480 e. The zero-order chi connectivity index (χ0) is 31.5. The fourth-order valence-electron chi connectivity index (χ4n) is 5.39. The Labute approximate surface area is 270 Å². The number of amidine groups is 1. The maximum Gasteiger partial charge on any atom is 0.244 e. The van der Waals surface area contributed by atoms with Crippen LogP contribution in [0.2, 0.25) is 10.0 Å². The topological polar surface area (TPSA) is 136 Å². The van der Waals surface area contributed by atoms with Gasteiger partial charge in [0.15, 0.2) is 11.5 Å². The van der Waals surface area contributed by atoms with Crippen molar-refractivity contribution in [2.75, 3.05) is 27.3 Å². The number of carbonyl (C=O) groups excluding carboxylic acids is 1. The summed E-state index contributed by atoms with van der Waals surface area (Å²) in [5.41, 5.74) is 5.12. The van der Waals surface area contributed by atoms with Crippen LogP contribution >= 0.6 is 23.2 Å². The highest BCUT2D eigenvalue weighted by atomic mass is 35.5. The number of carbonyl (C=O) groups is 1. The van der Waals surface area contributed by atoms with Gasteiger partial charge in [0.05, 0.1) is 54.6 Å². The van der Waals surface area contributed by atoms with E-state index >= 15 is 0 Å². The van der Waals surface area contributed by atoms with Crippen LogP contribution in [0.15, 0.2) is 53.8 Å². The van der Waals surface area contributed by atoms with Gasteiger partial charge in [0.1, 0.15) is 5.69 Å². The highest BCUT2D eigenvalue weighted by Gasteiger charge is 2.23. The molecule has 232 valence electrons. The fourth-order valence-corrected chi connectivity index (χ4v) is 6.03. The van der Waals surface area contributed by atoms with E-state index in [-0.39, 0.29) is 18.0 Å². The van der Waals surface area contributed by atoms with Crippen molar-refractivity contribution in [1.29, 1.82) is 0 Å². The summed E-state index contributed by atoms with van der Waals surface area (Å²) in [4.78, 5) is 34.6. The van der Waals surface area contributed by atoms with Crippen LogP contribution < -0.4 is 25.4 Å². The summed E-state index contributed by atoms with van der Waals surface area (Å²) in [6, 6.07) is 11.7. The van der Waals surface area contributed by atoms with E-state index < -0.39 is 0 Å². The molecule has 45 heavy (non-hydrogen) atoms. The monoisotopic (exact) mass is 646 g/mol. The first-order valence-corrected chi connectivity index (χ1v) is 15.3. The lowest BCUT2D eigenvalue weighted by molar-refractivity contribution is -0.119. The highest BCUT2D eigenvalue weighted by molar-refractivity contribution is 6.39. The first kappa shape index (κ1) is 30.7. The molecular weight excluding hydrogens is 615 g/mol. The van der Waals surface area contributed by atoms with Gasteiger partial charge in [-0.05, 0) is 13.3 Å². The molecule has 2 aliphatic heterocycles. The number of halogens is 2. The van der Waals surface area contributed by atoms with Crippen molar-refractivity contribution in [3.8, 4) is 45.4 Å². The standard InChI is InChI=1S/C32H32Cl2N8O3/c1-17-12-38-30(39-17)29-32(45-3)42-24(16-37-29)22-9-5-7-20(28(22)34)19-6-4-8-21(27(19)33)23-15-36-25(31(41-23)44-2)14-35-13-18-10-11-26(43)40-18/h4-9,15-18,35H,10-14H2,1-3H3,(H,38,39)(H,40,43)/t17-,18+/m1/s1. The molecule has 2 atom stereocenters. The van der Waals surface area contributed by atoms with Crippen molar-refractivity contribution in [2.45, 2.75) is 38.4 Å². The molecule has 2 aromatic heterocycles. The predicted molar refractivity (Wildman–Crippen MR) is 174 cm³/mol. The summed E-state index contributed by atoms with van der Waals surface area (Å²) >= 11 is 14.0. The molecule has 0 radical (unpaired) electrons. The number of rotatable bonds is 10. The molecule has 0 unspecified atom stereocenters. The Morgan fingerprint density at radius 2 is 1.51 bits per heavy atom. The lowest BCUT2D eigenvalue weighted by Gasteiger charge is -2.15. The molecule has 11 nitrogen and oxygen atoms in total. The molecule has 0 spiro atoms. The van der Waals surface area contributed by atoms with Crippen molar-refractivity contribution in [1.82, 2.24) is 35.9 Å². The number of nitrogens with one attached hydrogen (secondary N) is 3. The van der Waals surface area contributed by atoms with Gasteiger partial charge in [-0.1, -0.05) is 59.6 Å². The van der Waals surface area contributed by atoms with Crippen molar-refractivity contribution in [3.05, 3.63) is 70.2 Å². The number of amides is 1. The van der Waals surface area contributed by atoms with Gasteiger partial charge in [-0.15, -0.1) is 0 Å². The van der Waals surface area contributed by atoms with E-state index in [1.807, 2.05) is 43.3 Å². The van der Waals surface area contributed by atoms with E-state index in [4.69, 9.17) is 42.6 Å². The van der Waals surface area contributed by atoms with Crippen LogP contribution in [-0.2, 0) is 11.3 Å². The summed E-state index contributed by atoms with van der Waals surface area (Å²) in [7, 11) is 3.11. The van der Waals surface area contributed by atoms with Crippen LogP contribution in [0.3, 0.4) is 0 Å². The maximum atomic E-state index is 11.5. The number of nitrogens with zero attached hydrogens (tertiary/aromatic N) is 5. The minimum atomic E-state index is 0.0843. The van der Waals surface area contributed by atoms with E-state index in [1.165, 1.54) is 0 Å². The first-order chi connectivity index (χ1) is 21.9. The molecule has 0 aliphatic carbocycles. The molecule has 1 amide bonds. The minimum absolute atomic E-state index is 0.0843. The van der Waals surface area contributed by atoms with Crippen LogP contribution in [0.4, 0.5) is 0 Å². The lowest BCUT2D eigenvalue weighted by atomic mass is 9.98. The second-order valence-electron chi connectivity index (χ2n) is 10.8. The van der Waals surface area contributed by atoms with E-state index in [9.17, 15) is 4.79 Å². The number of ether oxygens (including phenoxy) is 2. The second kappa shape index (κ2) is 13.4. The Morgan fingerprint density at radius 1 is 0.889 bits per heavy atom. The number of hydrogen-bond donors (Lipinski definition) is 3. The lowest BCUT2D eigenvalue weighted by Crippen LogP contribution is -2.35. The van der Waals surface area contributed by atoms with Gasteiger partial charge in [-0.3, -0.25) is 14.8 Å². The van der Waals surface area contributed by atoms with Crippen molar-refractivity contribution >= 4 is 34.9 Å². The summed E-state index contributed by atoms with van der Waals surface area (Å²) in [6.07, 6.45) is 4.71. The number of hydrogen-bond acceptors (Lipinski definition) is 10. The van der Waals surface area contributed by atoms with Gasteiger partial charge in [0.25, 0.3) is 0 Å². The normalized spacial score (nSPS) is 17.5. The Balaban J connectivity index is 1.27. The van der Waals surface area contributed by atoms with Crippen LogP contribution in [0.5, 0.6) is 11.8 Å². The number of aromatic nitrogens is 4. The van der Waals surface area contributed by atoms with Crippen molar-refractivity contribution in [2.24, 2.45) is 4.99 Å². The van der Waals surface area contributed by atoms with Crippen molar-refractivity contribution < 1.29 is 14.3 Å². The molecule has 6 rings (SSSR count). The van der Waals surface area contributed by atoms with E-state index in [0.29, 0.717) is 87.6 Å². The number of methoxy groups -OCH3 is 2. The van der Waals surface area contributed by atoms with Gasteiger partial charge in [0, 0.05) is 53.8 Å². The Bertz CT molecular complexity index is 1780. The van der Waals surface area contributed by atoms with Crippen LogP contribution in [-0.4, -0.2) is 71.1 Å². The smallest absolute Gasteiger partial charge is 0.244 e. The van der Waals surface area contributed by atoms with E-state index in [2.05, 4.69) is 30.9 Å². The van der Waals surface area contributed by atoms with E-state index in [1.54, 1.807) is 26.6 Å². The van der Waals surface area contributed by atoms with Crippen molar-refractivity contribution in [3.63, 3.8) is 0 Å². The maximum absolute atomic E-state index is 11.5. The Kier molecular flexibility index (Phi) is 9.11. The van der Waals surface area contributed by atoms with Gasteiger partial charge < -0.3 is 25.4 Å². The molecule has 2 aliphatic rings. The third-order valence-corrected chi connectivity index (χ3v) is 8.49. The molecule has 4 heterocycles. The predicted octanol–water partition coefficient (Wildman–Crippen LogP) is 4.70. The molecule has 3 N–H and O–H groups in total. The second-order valence-corrected chi connectivity index (χ2v) is 11.6. The van der Waals surface area contributed by atoms with Gasteiger partial charge in [0.2, 0.25) is 17.7 Å². The zero-order valence-corrected chi connectivity index (χ0v) is 26.5. The molecule has 1 fully saturated rings. The first-order valence-electron chi connectivity index (χ1n) is 14.6. The fraction of sp³-hybridized carbons (Fsp3) is 0.312. The zero-order valence-electron chi connectivity index (χ0n) is 25.0. The molecule has 1 saturated heterocycles. The van der Waals surface area contributed by atoms with Crippen LogP contribution in [0.1, 0.15) is 31.2 Å². The Hall–Kier alpha value is -4.32. The largest absolute Gasteiger partial charge is 0.480 e. The molecule has 13 heteroatoms.